The van der Waals surface area contributed by atoms with Crippen molar-refractivity contribution in [3.05, 3.63) is 76.3 Å². The number of carbonyl (C=O) groups excluding carboxylic acids is 2. The number of fused-ring (bicyclic) bond motifs is 2. The fourth-order valence-electron chi connectivity index (χ4n) is 3.35. The first-order valence-corrected chi connectivity index (χ1v) is 8.68. The summed E-state index contributed by atoms with van der Waals surface area (Å²) in [6.07, 6.45) is 0.522. The average molecular weight is 366 g/mol. The molecular formula is C21H16ClNO3. The fourth-order valence-corrected chi connectivity index (χ4v) is 3.58. The Kier molecular flexibility index (Phi) is 4.13. The molecule has 0 spiro atoms. The van der Waals surface area contributed by atoms with Crippen LogP contribution in [0.15, 0.2) is 54.6 Å². The summed E-state index contributed by atoms with van der Waals surface area (Å²) in [6.45, 7) is 0.295. The molecule has 0 atom stereocenters. The number of methoxy groups -OCH3 is 1. The highest BCUT2D eigenvalue weighted by Gasteiger charge is 2.35. The summed E-state index contributed by atoms with van der Waals surface area (Å²) in [7, 11) is 1.59. The van der Waals surface area contributed by atoms with Gasteiger partial charge < -0.3 is 4.74 Å². The first-order valence-electron chi connectivity index (χ1n) is 8.30. The Hall–Kier alpha value is -2.85. The first-order chi connectivity index (χ1) is 12.6. The number of hydrogen-bond acceptors (Lipinski definition) is 3. The van der Waals surface area contributed by atoms with Crippen LogP contribution in [0.3, 0.4) is 0 Å². The van der Waals surface area contributed by atoms with E-state index in [1.807, 2.05) is 36.4 Å². The van der Waals surface area contributed by atoms with E-state index in [1.165, 1.54) is 4.90 Å². The van der Waals surface area contributed by atoms with Gasteiger partial charge in [0.15, 0.2) is 0 Å². The van der Waals surface area contributed by atoms with Crippen LogP contribution in [-0.4, -0.2) is 30.4 Å². The normalized spacial score (nSPS) is 13.4. The van der Waals surface area contributed by atoms with Crippen LogP contribution >= 0.6 is 11.6 Å². The maximum Gasteiger partial charge on any atom is 0.261 e. The van der Waals surface area contributed by atoms with Crippen molar-refractivity contribution in [2.24, 2.45) is 0 Å². The molecule has 0 bridgehead atoms. The number of benzene rings is 3. The average Bonchev–Trinajstić information content (AvgIpc) is 2.89. The Bertz CT molecular complexity index is 1040. The number of carbonyl (C=O) groups is 2. The summed E-state index contributed by atoms with van der Waals surface area (Å²) in [5, 5.41) is 2.33. The molecule has 1 heterocycles. The van der Waals surface area contributed by atoms with Crippen LogP contribution in [0.2, 0.25) is 5.02 Å². The molecule has 0 unspecified atom stereocenters. The Labute approximate surface area is 155 Å². The van der Waals surface area contributed by atoms with E-state index in [-0.39, 0.29) is 11.8 Å². The summed E-state index contributed by atoms with van der Waals surface area (Å²) in [5.41, 5.74) is 1.78. The molecule has 130 valence electrons. The topological polar surface area (TPSA) is 46.6 Å². The Morgan fingerprint density at radius 2 is 1.69 bits per heavy atom. The predicted molar refractivity (Wildman–Crippen MR) is 101 cm³/mol. The van der Waals surface area contributed by atoms with Gasteiger partial charge in [-0.3, -0.25) is 14.5 Å². The molecule has 5 heteroatoms. The van der Waals surface area contributed by atoms with Gasteiger partial charge in [0, 0.05) is 17.0 Å². The monoisotopic (exact) mass is 365 g/mol. The highest BCUT2D eigenvalue weighted by molar-refractivity contribution is 6.31. The van der Waals surface area contributed by atoms with E-state index in [4.69, 9.17) is 16.3 Å². The maximum atomic E-state index is 12.8. The van der Waals surface area contributed by atoms with Crippen LogP contribution in [0.4, 0.5) is 0 Å². The van der Waals surface area contributed by atoms with Gasteiger partial charge in [-0.15, -0.1) is 0 Å². The predicted octanol–water partition coefficient (Wildman–Crippen LogP) is 4.34. The highest BCUT2D eigenvalue weighted by Crippen LogP contribution is 2.32. The molecule has 2 amide bonds. The van der Waals surface area contributed by atoms with Gasteiger partial charge in [-0.25, -0.2) is 0 Å². The smallest absolute Gasteiger partial charge is 0.261 e. The molecule has 3 aromatic rings. The van der Waals surface area contributed by atoms with Crippen LogP contribution in [0.1, 0.15) is 26.3 Å². The number of halogens is 1. The molecule has 26 heavy (non-hydrogen) atoms. The lowest BCUT2D eigenvalue weighted by Gasteiger charge is -2.14. The van der Waals surface area contributed by atoms with Crippen molar-refractivity contribution in [1.82, 2.24) is 4.90 Å². The van der Waals surface area contributed by atoms with Crippen LogP contribution in [-0.2, 0) is 6.42 Å². The summed E-state index contributed by atoms with van der Waals surface area (Å²) in [4.78, 5) is 26.8. The molecular weight excluding hydrogens is 350 g/mol. The minimum absolute atomic E-state index is 0.262. The first kappa shape index (κ1) is 16.6. The van der Waals surface area contributed by atoms with E-state index in [2.05, 4.69) is 0 Å². The van der Waals surface area contributed by atoms with Crippen molar-refractivity contribution in [2.45, 2.75) is 6.42 Å². The van der Waals surface area contributed by atoms with Crippen LogP contribution < -0.4 is 4.74 Å². The standard InChI is InChI=1S/C21H16ClNO3/c1-26-19-8-4-6-14-11-16-17(12-15(14)19)21(25)23(20(16)24)10-9-13-5-2-3-7-18(13)22/h2-8,11-12H,9-10H2,1H3. The van der Waals surface area contributed by atoms with E-state index in [9.17, 15) is 9.59 Å². The maximum absolute atomic E-state index is 12.8. The van der Waals surface area contributed by atoms with E-state index in [0.717, 1.165) is 16.3 Å². The minimum Gasteiger partial charge on any atom is -0.496 e. The van der Waals surface area contributed by atoms with Crippen molar-refractivity contribution in [1.29, 1.82) is 0 Å². The molecule has 1 aliphatic heterocycles. The van der Waals surface area contributed by atoms with Gasteiger partial charge >= 0.3 is 0 Å². The molecule has 0 aromatic heterocycles. The highest BCUT2D eigenvalue weighted by atomic mass is 35.5. The molecule has 0 N–H and O–H groups in total. The number of imide groups is 1. The lowest BCUT2D eigenvalue weighted by molar-refractivity contribution is 0.0656. The third-order valence-electron chi connectivity index (χ3n) is 4.71. The third-order valence-corrected chi connectivity index (χ3v) is 5.08. The molecule has 0 fully saturated rings. The molecule has 1 aliphatic rings. The van der Waals surface area contributed by atoms with Gasteiger partial charge in [-0.05, 0) is 41.6 Å². The lowest BCUT2D eigenvalue weighted by Crippen LogP contribution is -2.31. The molecule has 4 rings (SSSR count). The van der Waals surface area contributed by atoms with Crippen molar-refractivity contribution in [3.63, 3.8) is 0 Å². The van der Waals surface area contributed by atoms with Crippen LogP contribution in [0, 0.1) is 0 Å². The van der Waals surface area contributed by atoms with Crippen molar-refractivity contribution < 1.29 is 14.3 Å². The second-order valence-electron chi connectivity index (χ2n) is 6.18. The lowest BCUT2D eigenvalue weighted by atomic mass is 10.0. The zero-order valence-corrected chi connectivity index (χ0v) is 14.9. The molecule has 3 aromatic carbocycles. The molecule has 4 nitrogen and oxygen atoms in total. The number of hydrogen-bond donors (Lipinski definition) is 0. The van der Waals surface area contributed by atoms with E-state index < -0.39 is 0 Å². The van der Waals surface area contributed by atoms with Gasteiger partial charge in [0.2, 0.25) is 0 Å². The Morgan fingerprint density at radius 3 is 2.42 bits per heavy atom. The summed E-state index contributed by atoms with van der Waals surface area (Å²) >= 11 is 6.17. The molecule has 0 saturated carbocycles. The Balaban J connectivity index is 1.67. The Morgan fingerprint density at radius 1 is 0.962 bits per heavy atom. The van der Waals surface area contributed by atoms with Gasteiger partial charge in [-0.2, -0.15) is 0 Å². The van der Waals surface area contributed by atoms with Crippen molar-refractivity contribution >= 4 is 34.2 Å². The zero-order chi connectivity index (χ0) is 18.3. The van der Waals surface area contributed by atoms with E-state index >= 15 is 0 Å². The van der Waals surface area contributed by atoms with Crippen LogP contribution in [0.5, 0.6) is 5.75 Å². The van der Waals surface area contributed by atoms with Crippen molar-refractivity contribution in [3.8, 4) is 5.75 Å². The minimum atomic E-state index is -0.273. The van der Waals surface area contributed by atoms with E-state index in [1.54, 1.807) is 25.3 Å². The van der Waals surface area contributed by atoms with Gasteiger partial charge in [0.25, 0.3) is 11.8 Å². The van der Waals surface area contributed by atoms with Gasteiger partial charge in [0.05, 0.1) is 18.2 Å². The number of amides is 2. The number of ether oxygens (including phenoxy) is 1. The summed E-state index contributed by atoms with van der Waals surface area (Å²) in [6, 6.07) is 16.6. The fraction of sp³-hybridized carbons (Fsp3) is 0.143. The van der Waals surface area contributed by atoms with Gasteiger partial charge in [-0.1, -0.05) is 41.9 Å². The van der Waals surface area contributed by atoms with E-state index in [0.29, 0.717) is 34.9 Å². The zero-order valence-electron chi connectivity index (χ0n) is 14.2. The third kappa shape index (κ3) is 2.63. The second-order valence-corrected chi connectivity index (χ2v) is 6.59. The second kappa shape index (κ2) is 6.46. The number of rotatable bonds is 4. The molecule has 0 aliphatic carbocycles. The summed E-state index contributed by atoms with van der Waals surface area (Å²) in [5.74, 6) is 0.145. The quantitative estimate of drug-likeness (QED) is 0.646. The SMILES string of the molecule is COc1cccc2cc3c(cc12)C(=O)N(CCc1ccccc1Cl)C3=O. The van der Waals surface area contributed by atoms with Crippen LogP contribution in [0.25, 0.3) is 10.8 Å². The van der Waals surface area contributed by atoms with Crippen molar-refractivity contribution in [2.75, 3.05) is 13.7 Å². The largest absolute Gasteiger partial charge is 0.496 e. The molecule has 0 saturated heterocycles. The summed E-state index contributed by atoms with van der Waals surface area (Å²) < 4.78 is 5.37. The molecule has 0 radical (unpaired) electrons. The number of nitrogens with zero attached hydrogens (tertiary/aromatic N) is 1. The van der Waals surface area contributed by atoms with Gasteiger partial charge in [0.1, 0.15) is 5.75 Å².